The number of nitriles is 2. The van der Waals surface area contributed by atoms with Crippen molar-refractivity contribution in [1.82, 2.24) is 0 Å². The Morgan fingerprint density at radius 2 is 1.90 bits per heavy atom. The molecule has 0 heterocycles. The molecule has 31 heavy (non-hydrogen) atoms. The predicted octanol–water partition coefficient (Wildman–Crippen LogP) is 4.47. The van der Waals surface area contributed by atoms with Crippen molar-refractivity contribution in [1.29, 1.82) is 10.5 Å². The van der Waals surface area contributed by atoms with E-state index < -0.39 is 16.9 Å². The molecule has 0 aromatic heterocycles. The van der Waals surface area contributed by atoms with E-state index in [1.165, 1.54) is 12.1 Å². The van der Waals surface area contributed by atoms with Crippen molar-refractivity contribution in [3.8, 4) is 12.1 Å². The van der Waals surface area contributed by atoms with Crippen LogP contribution in [-0.4, -0.2) is 30.1 Å². The predicted molar refractivity (Wildman–Crippen MR) is 112 cm³/mol. The average molecular weight is 420 g/mol. The van der Waals surface area contributed by atoms with Crippen molar-refractivity contribution in [2.45, 2.75) is 26.8 Å². The van der Waals surface area contributed by atoms with Crippen molar-refractivity contribution in [2.75, 3.05) is 18.1 Å². The largest absolute Gasteiger partial charge is 0.449 e. The Bertz CT molecular complexity index is 1100. The molecular weight excluding hydrogens is 400 g/mol. The van der Waals surface area contributed by atoms with E-state index in [0.717, 1.165) is 17.3 Å². The van der Waals surface area contributed by atoms with Gasteiger partial charge in [0.1, 0.15) is 23.9 Å². The van der Waals surface area contributed by atoms with Crippen LogP contribution in [0.4, 0.5) is 22.7 Å². The molecule has 0 amide bonds. The molecule has 0 spiro atoms. The van der Waals surface area contributed by atoms with Crippen LogP contribution in [0.2, 0.25) is 0 Å². The lowest BCUT2D eigenvalue weighted by molar-refractivity contribution is -0.384. The van der Waals surface area contributed by atoms with Gasteiger partial charge in [-0.1, -0.05) is 0 Å². The Balaban J connectivity index is 2.26. The van der Waals surface area contributed by atoms with Gasteiger partial charge in [0.25, 0.3) is 5.69 Å². The Kier molecular flexibility index (Phi) is 7.75. The zero-order valence-corrected chi connectivity index (χ0v) is 17.3. The fourth-order valence-electron chi connectivity index (χ4n) is 2.88. The van der Waals surface area contributed by atoms with Crippen LogP contribution in [0.15, 0.2) is 46.6 Å². The van der Waals surface area contributed by atoms with Crippen LogP contribution in [0.3, 0.4) is 0 Å². The van der Waals surface area contributed by atoms with Crippen LogP contribution in [0.25, 0.3) is 0 Å². The van der Waals surface area contributed by atoms with E-state index in [2.05, 4.69) is 10.2 Å². The fourth-order valence-corrected chi connectivity index (χ4v) is 2.88. The van der Waals surface area contributed by atoms with E-state index in [0.29, 0.717) is 12.2 Å². The summed E-state index contributed by atoms with van der Waals surface area (Å²) in [5, 5.41) is 36.9. The topological polar surface area (TPSA) is 145 Å². The Labute approximate surface area is 179 Å². The average Bonchev–Trinajstić information content (AvgIpc) is 2.77. The van der Waals surface area contributed by atoms with E-state index in [-0.39, 0.29) is 23.5 Å². The summed E-state index contributed by atoms with van der Waals surface area (Å²) < 4.78 is 4.90. The summed E-state index contributed by atoms with van der Waals surface area (Å²) >= 11 is 0. The van der Waals surface area contributed by atoms with Gasteiger partial charge in [0.2, 0.25) is 0 Å². The van der Waals surface area contributed by atoms with Crippen molar-refractivity contribution < 1.29 is 14.5 Å². The molecule has 1 unspecified atom stereocenters. The summed E-state index contributed by atoms with van der Waals surface area (Å²) in [6, 6.07) is 12.2. The first kappa shape index (κ1) is 23.0. The minimum Gasteiger partial charge on any atom is -0.449 e. The van der Waals surface area contributed by atoms with Crippen molar-refractivity contribution in [2.24, 2.45) is 10.2 Å². The number of azo groups is 1. The molecule has 0 fully saturated rings. The zero-order chi connectivity index (χ0) is 23.0. The molecule has 0 radical (unpaired) electrons. The quantitative estimate of drug-likeness (QED) is 0.265. The molecule has 2 aromatic rings. The second-order valence-electron chi connectivity index (χ2n) is 6.47. The highest BCUT2D eigenvalue weighted by Gasteiger charge is 2.22. The van der Waals surface area contributed by atoms with Crippen LogP contribution in [0.1, 0.15) is 25.0 Å². The summed E-state index contributed by atoms with van der Waals surface area (Å²) in [4.78, 5) is 24.2. The van der Waals surface area contributed by atoms with Gasteiger partial charge in [-0.3, -0.25) is 10.1 Å². The zero-order valence-electron chi connectivity index (χ0n) is 17.3. The number of aryl methyl sites for hydroxylation is 1. The monoisotopic (exact) mass is 420 g/mol. The number of carbonyl (C=O) groups excluding carboxylic acids is 1. The number of ether oxygens (including phenoxy) is 1. The van der Waals surface area contributed by atoms with Crippen LogP contribution in [0, 0.1) is 39.7 Å². The molecule has 0 bridgehead atoms. The molecule has 0 aliphatic rings. The third kappa shape index (κ3) is 5.61. The maximum absolute atomic E-state index is 12.1. The smallest absolute Gasteiger partial charge is 0.329 e. The van der Waals surface area contributed by atoms with E-state index in [9.17, 15) is 20.2 Å². The van der Waals surface area contributed by atoms with Gasteiger partial charge in [-0.25, -0.2) is 4.79 Å². The van der Waals surface area contributed by atoms with Gasteiger partial charge < -0.3 is 9.64 Å². The number of likely N-dealkylation sites (N-methyl/N-ethyl adjacent to an activating group) is 1. The van der Waals surface area contributed by atoms with Crippen molar-refractivity contribution in [3.63, 3.8) is 0 Å². The Hall–Kier alpha value is -4.31. The number of nitro groups is 1. The molecule has 158 valence electrons. The summed E-state index contributed by atoms with van der Waals surface area (Å²) in [5.41, 5.74) is 2.17. The highest BCUT2D eigenvalue weighted by molar-refractivity contribution is 5.80. The van der Waals surface area contributed by atoms with Gasteiger partial charge in [0.05, 0.1) is 16.2 Å². The number of benzene rings is 2. The molecule has 1 atom stereocenters. The Morgan fingerprint density at radius 1 is 1.23 bits per heavy atom. The number of hydrogen-bond donors (Lipinski definition) is 0. The molecule has 0 saturated heterocycles. The van der Waals surface area contributed by atoms with Crippen molar-refractivity contribution in [3.05, 3.63) is 57.6 Å². The first-order valence-electron chi connectivity index (χ1n) is 9.33. The van der Waals surface area contributed by atoms with Crippen LogP contribution in [-0.2, 0) is 9.53 Å². The van der Waals surface area contributed by atoms with Gasteiger partial charge >= 0.3 is 5.97 Å². The minimum atomic E-state index is -0.582. The first-order chi connectivity index (χ1) is 14.8. The summed E-state index contributed by atoms with van der Waals surface area (Å²) in [7, 11) is 0. The first-order valence-corrected chi connectivity index (χ1v) is 9.33. The minimum absolute atomic E-state index is 0.0501. The number of non-ortho nitro benzene ring substituents is 1. The van der Waals surface area contributed by atoms with Crippen molar-refractivity contribution >= 4 is 28.7 Å². The number of carbonyl (C=O) groups is 1. The molecular formula is C21H20N6O4. The normalized spacial score (nSPS) is 11.4. The summed E-state index contributed by atoms with van der Waals surface area (Å²) in [6.07, 6.45) is 0. The number of nitrogens with zero attached hydrogens (tertiary/aromatic N) is 6. The van der Waals surface area contributed by atoms with E-state index >= 15 is 0 Å². The molecule has 10 heteroatoms. The molecule has 10 nitrogen and oxygen atoms in total. The van der Waals surface area contributed by atoms with E-state index in [1.807, 2.05) is 30.9 Å². The van der Waals surface area contributed by atoms with Crippen LogP contribution in [0.5, 0.6) is 0 Å². The SMILES string of the molecule is CCN(c1ccc(N=Nc2ccc([N+](=O)[O-])cc2C#N)c(C)c1)C(C)C(=O)OCC#N. The third-order valence-corrected chi connectivity index (χ3v) is 4.52. The number of rotatable bonds is 8. The standard InChI is InChI=1S/C21H20N6O4/c1-4-26(15(3)21(28)31-10-9-22)17-5-7-19(14(2)11-17)24-25-20-8-6-18(27(29)30)12-16(20)13-23/h5-8,11-12,15H,4,10H2,1-3H3. The highest BCUT2D eigenvalue weighted by atomic mass is 16.6. The maximum Gasteiger partial charge on any atom is 0.329 e. The third-order valence-electron chi connectivity index (χ3n) is 4.52. The van der Waals surface area contributed by atoms with Gasteiger partial charge in [-0.2, -0.15) is 15.6 Å². The van der Waals surface area contributed by atoms with E-state index in [1.54, 1.807) is 25.1 Å². The molecule has 0 aliphatic carbocycles. The number of hydrogen-bond acceptors (Lipinski definition) is 9. The highest BCUT2D eigenvalue weighted by Crippen LogP contribution is 2.29. The molecule has 0 saturated carbocycles. The molecule has 0 aliphatic heterocycles. The second kappa shape index (κ2) is 10.5. The van der Waals surface area contributed by atoms with Gasteiger partial charge in [-0.05, 0) is 50.6 Å². The summed E-state index contributed by atoms with van der Waals surface area (Å²) in [5.74, 6) is -0.493. The number of nitro benzene ring substituents is 1. The summed E-state index contributed by atoms with van der Waals surface area (Å²) in [6.45, 7) is 5.66. The molecule has 0 N–H and O–H groups in total. The lowest BCUT2D eigenvalue weighted by Gasteiger charge is -2.28. The maximum atomic E-state index is 12.1. The van der Waals surface area contributed by atoms with E-state index in [4.69, 9.17) is 10.00 Å². The lowest BCUT2D eigenvalue weighted by Crippen LogP contribution is -2.40. The Morgan fingerprint density at radius 3 is 2.48 bits per heavy atom. The van der Waals surface area contributed by atoms with Crippen LogP contribution >= 0.6 is 0 Å². The molecule has 2 rings (SSSR count). The van der Waals surface area contributed by atoms with Gasteiger partial charge in [0, 0.05) is 24.4 Å². The van der Waals surface area contributed by atoms with Gasteiger partial charge in [0.15, 0.2) is 6.61 Å². The number of esters is 1. The fraction of sp³-hybridized carbons (Fsp3) is 0.286. The van der Waals surface area contributed by atoms with Crippen LogP contribution < -0.4 is 4.90 Å². The number of anilines is 1. The van der Waals surface area contributed by atoms with Gasteiger partial charge in [-0.15, -0.1) is 5.11 Å². The lowest BCUT2D eigenvalue weighted by atomic mass is 10.1. The second-order valence-corrected chi connectivity index (χ2v) is 6.47. The molecule has 2 aromatic carbocycles.